The van der Waals surface area contributed by atoms with Gasteiger partial charge in [0, 0.05) is 15.8 Å². The van der Waals surface area contributed by atoms with Crippen molar-refractivity contribution in [3.63, 3.8) is 0 Å². The first-order chi connectivity index (χ1) is 10.6. The number of carboxylic acids is 1. The van der Waals surface area contributed by atoms with Gasteiger partial charge in [-0.1, -0.05) is 24.8 Å². The summed E-state index contributed by atoms with van der Waals surface area (Å²) in [6.07, 6.45) is 0.465. The molecule has 8 heteroatoms. The minimum absolute atomic E-state index is 0.225. The molecule has 0 saturated heterocycles. The van der Waals surface area contributed by atoms with Crippen LogP contribution in [0.5, 0.6) is 0 Å². The standard InChI is InChI=1S/C14H12N2O3S3/c1-2-8(13(18)19)22-14-15-11(17)10-7(6-21-12(10)16-14)9-4-3-5-20-9/h3-6,8H,2H2,1H3,(H,18,19)(H,15,16,17). The molecule has 3 aromatic heterocycles. The number of hydrogen-bond donors (Lipinski definition) is 2. The molecule has 22 heavy (non-hydrogen) atoms. The van der Waals surface area contributed by atoms with Crippen LogP contribution in [0.15, 0.2) is 32.8 Å². The van der Waals surface area contributed by atoms with Gasteiger partial charge in [-0.15, -0.1) is 22.7 Å². The second-order valence-electron chi connectivity index (χ2n) is 4.53. The zero-order valence-electron chi connectivity index (χ0n) is 11.5. The number of H-pyrrole nitrogens is 1. The minimum Gasteiger partial charge on any atom is -0.480 e. The summed E-state index contributed by atoms with van der Waals surface area (Å²) in [4.78, 5) is 32.2. The maximum Gasteiger partial charge on any atom is 0.317 e. The first-order valence-electron chi connectivity index (χ1n) is 6.55. The lowest BCUT2D eigenvalue weighted by atomic mass is 10.2. The van der Waals surface area contributed by atoms with Gasteiger partial charge < -0.3 is 10.1 Å². The third-order valence-electron chi connectivity index (χ3n) is 3.11. The molecule has 3 rings (SSSR count). The van der Waals surface area contributed by atoms with E-state index in [0.29, 0.717) is 21.8 Å². The molecular formula is C14H12N2O3S3. The molecule has 3 heterocycles. The third kappa shape index (κ3) is 2.81. The molecule has 5 nitrogen and oxygen atoms in total. The number of nitrogens with one attached hydrogen (secondary N) is 1. The first-order valence-corrected chi connectivity index (χ1v) is 9.19. The van der Waals surface area contributed by atoms with Crippen molar-refractivity contribution in [3.05, 3.63) is 33.2 Å². The molecule has 0 bridgehead atoms. The predicted octanol–water partition coefficient (Wildman–Crippen LogP) is 3.67. The Morgan fingerprint density at radius 3 is 2.95 bits per heavy atom. The molecule has 0 aliphatic heterocycles. The Labute approximate surface area is 138 Å². The maximum absolute atomic E-state index is 12.4. The van der Waals surface area contributed by atoms with Crippen LogP contribution >= 0.6 is 34.4 Å². The number of carbonyl (C=O) groups is 1. The van der Waals surface area contributed by atoms with E-state index in [0.717, 1.165) is 22.2 Å². The van der Waals surface area contributed by atoms with Crippen molar-refractivity contribution in [2.45, 2.75) is 23.8 Å². The molecule has 0 aliphatic carbocycles. The number of aliphatic carboxylic acids is 1. The average Bonchev–Trinajstić information content (AvgIpc) is 3.12. The van der Waals surface area contributed by atoms with E-state index in [2.05, 4.69) is 9.97 Å². The van der Waals surface area contributed by atoms with Crippen molar-refractivity contribution in [1.82, 2.24) is 9.97 Å². The van der Waals surface area contributed by atoms with Gasteiger partial charge in [-0.05, 0) is 17.9 Å². The molecule has 3 aromatic rings. The maximum atomic E-state index is 12.4. The van der Waals surface area contributed by atoms with E-state index in [1.165, 1.54) is 11.3 Å². The van der Waals surface area contributed by atoms with E-state index < -0.39 is 11.2 Å². The summed E-state index contributed by atoms with van der Waals surface area (Å²) >= 11 is 4.04. The van der Waals surface area contributed by atoms with Crippen LogP contribution in [0, 0.1) is 0 Å². The number of thioether (sulfide) groups is 1. The lowest BCUT2D eigenvalue weighted by Crippen LogP contribution is -2.17. The SMILES string of the molecule is CCC(Sc1nc2scc(-c3cccs3)c2c(=O)[nH]1)C(=O)O. The number of nitrogens with zero attached hydrogens (tertiary/aromatic N) is 1. The lowest BCUT2D eigenvalue weighted by molar-refractivity contribution is -0.136. The van der Waals surface area contributed by atoms with Crippen LogP contribution in [0.4, 0.5) is 0 Å². The Kier molecular flexibility index (Phi) is 4.32. The van der Waals surface area contributed by atoms with Gasteiger partial charge in [0.15, 0.2) is 5.16 Å². The highest BCUT2D eigenvalue weighted by Crippen LogP contribution is 2.34. The highest BCUT2D eigenvalue weighted by atomic mass is 32.2. The minimum atomic E-state index is -0.902. The average molecular weight is 352 g/mol. The normalized spacial score (nSPS) is 12.6. The van der Waals surface area contributed by atoms with Crippen LogP contribution in [0.1, 0.15) is 13.3 Å². The summed E-state index contributed by atoms with van der Waals surface area (Å²) in [6, 6.07) is 3.90. The second kappa shape index (κ2) is 6.23. The first kappa shape index (κ1) is 15.3. The number of rotatable bonds is 5. The van der Waals surface area contributed by atoms with E-state index >= 15 is 0 Å². The fourth-order valence-corrected chi connectivity index (χ4v) is 4.69. The fraction of sp³-hybridized carbons (Fsp3) is 0.214. The Bertz CT molecular complexity index is 867. The van der Waals surface area contributed by atoms with Gasteiger partial charge in [0.2, 0.25) is 0 Å². The van der Waals surface area contributed by atoms with E-state index in [4.69, 9.17) is 5.11 Å². The molecule has 2 N–H and O–H groups in total. The molecule has 0 spiro atoms. The number of fused-ring (bicyclic) bond motifs is 1. The molecule has 0 radical (unpaired) electrons. The van der Waals surface area contributed by atoms with Crippen LogP contribution in [0.25, 0.3) is 20.7 Å². The molecule has 0 saturated carbocycles. The number of thiophene rings is 2. The van der Waals surface area contributed by atoms with Crippen LogP contribution < -0.4 is 5.56 Å². The van der Waals surface area contributed by atoms with Crippen molar-refractivity contribution in [3.8, 4) is 10.4 Å². The smallest absolute Gasteiger partial charge is 0.317 e. The van der Waals surface area contributed by atoms with Crippen molar-refractivity contribution < 1.29 is 9.90 Å². The Morgan fingerprint density at radius 2 is 2.32 bits per heavy atom. The summed E-state index contributed by atoms with van der Waals surface area (Å²) in [7, 11) is 0. The highest BCUT2D eigenvalue weighted by Gasteiger charge is 2.20. The number of aromatic nitrogens is 2. The van der Waals surface area contributed by atoms with Crippen molar-refractivity contribution in [2.24, 2.45) is 0 Å². The Balaban J connectivity index is 2.04. The zero-order valence-corrected chi connectivity index (χ0v) is 14.0. The third-order valence-corrected chi connectivity index (χ3v) is 6.12. The van der Waals surface area contributed by atoms with Gasteiger partial charge in [0.05, 0.1) is 5.39 Å². The van der Waals surface area contributed by atoms with E-state index in [9.17, 15) is 9.59 Å². The van der Waals surface area contributed by atoms with E-state index in [-0.39, 0.29) is 5.56 Å². The zero-order chi connectivity index (χ0) is 15.7. The van der Waals surface area contributed by atoms with Gasteiger partial charge in [0.1, 0.15) is 10.1 Å². The van der Waals surface area contributed by atoms with Gasteiger partial charge in [-0.3, -0.25) is 9.59 Å². The second-order valence-corrected chi connectivity index (χ2v) is 7.53. The van der Waals surface area contributed by atoms with Crippen molar-refractivity contribution >= 4 is 50.6 Å². The van der Waals surface area contributed by atoms with Gasteiger partial charge in [-0.2, -0.15) is 0 Å². The number of carboxylic acid groups (broad SMARTS) is 1. The quantitative estimate of drug-likeness (QED) is 0.541. The van der Waals surface area contributed by atoms with Gasteiger partial charge >= 0.3 is 5.97 Å². The number of hydrogen-bond acceptors (Lipinski definition) is 6. The fourth-order valence-electron chi connectivity index (χ4n) is 2.04. The van der Waals surface area contributed by atoms with Crippen molar-refractivity contribution in [2.75, 3.05) is 0 Å². The largest absolute Gasteiger partial charge is 0.480 e. The summed E-state index contributed by atoms with van der Waals surface area (Å²) in [6.45, 7) is 1.79. The molecule has 1 unspecified atom stereocenters. The van der Waals surface area contributed by atoms with Crippen LogP contribution in [-0.4, -0.2) is 26.3 Å². The molecule has 0 aliphatic rings. The topological polar surface area (TPSA) is 83.0 Å². The molecule has 0 fully saturated rings. The van der Waals surface area contributed by atoms with Crippen LogP contribution in [0.2, 0.25) is 0 Å². The molecule has 114 valence electrons. The van der Waals surface area contributed by atoms with Crippen LogP contribution in [0.3, 0.4) is 0 Å². The van der Waals surface area contributed by atoms with Gasteiger partial charge in [-0.25, -0.2) is 4.98 Å². The van der Waals surface area contributed by atoms with E-state index in [1.807, 2.05) is 22.9 Å². The van der Waals surface area contributed by atoms with E-state index in [1.54, 1.807) is 18.3 Å². The van der Waals surface area contributed by atoms with Gasteiger partial charge in [0.25, 0.3) is 5.56 Å². The summed E-state index contributed by atoms with van der Waals surface area (Å²) in [5.74, 6) is -0.902. The Morgan fingerprint density at radius 1 is 1.50 bits per heavy atom. The van der Waals surface area contributed by atoms with Crippen molar-refractivity contribution in [1.29, 1.82) is 0 Å². The molecule has 0 aromatic carbocycles. The Hall–Kier alpha value is -1.64. The lowest BCUT2D eigenvalue weighted by Gasteiger charge is -2.08. The number of aromatic amines is 1. The highest BCUT2D eigenvalue weighted by molar-refractivity contribution is 8.00. The molecule has 0 amide bonds. The summed E-state index contributed by atoms with van der Waals surface area (Å²) < 4.78 is 0. The molecular weight excluding hydrogens is 340 g/mol. The van der Waals surface area contributed by atoms with Crippen LogP contribution in [-0.2, 0) is 4.79 Å². The summed E-state index contributed by atoms with van der Waals surface area (Å²) in [5.41, 5.74) is 0.656. The monoisotopic (exact) mass is 352 g/mol. The molecule has 1 atom stereocenters. The summed E-state index contributed by atoms with van der Waals surface area (Å²) in [5, 5.41) is 13.3. The predicted molar refractivity (Wildman–Crippen MR) is 91.1 cm³/mol.